The molecule has 0 aromatic carbocycles. The van der Waals surface area contributed by atoms with Gasteiger partial charge in [-0.15, -0.1) is 0 Å². The number of fused-ring (bicyclic) bond motifs is 1. The molecule has 2 fully saturated rings. The molecular weight excluding hydrogens is 162 g/mol. The van der Waals surface area contributed by atoms with Crippen LogP contribution in [0.15, 0.2) is 0 Å². The normalized spacial score (nSPS) is 44.4. The van der Waals surface area contributed by atoms with E-state index < -0.39 is 0 Å². The van der Waals surface area contributed by atoms with Crippen LogP contribution >= 0.6 is 0 Å². The predicted molar refractivity (Wildman–Crippen MR) is 52.0 cm³/mol. The summed E-state index contributed by atoms with van der Waals surface area (Å²) >= 11 is 0. The molecule has 2 heteroatoms. The fraction of sp³-hybridized carbons (Fsp3) is 0.909. The van der Waals surface area contributed by atoms with Crippen LogP contribution in [-0.2, 0) is 4.79 Å². The zero-order valence-electron chi connectivity index (χ0n) is 8.38. The second kappa shape index (κ2) is 3.00. The van der Waals surface area contributed by atoms with Crippen molar-refractivity contribution in [2.75, 3.05) is 0 Å². The van der Waals surface area contributed by atoms with Gasteiger partial charge in [0, 0.05) is 5.41 Å². The van der Waals surface area contributed by atoms with Crippen molar-refractivity contribution in [3.05, 3.63) is 0 Å². The van der Waals surface area contributed by atoms with Gasteiger partial charge in [0.1, 0.15) is 0 Å². The Kier molecular flexibility index (Phi) is 2.09. The smallest absolute Gasteiger partial charge is 0.223 e. The average Bonchev–Trinajstić information content (AvgIpc) is 2.42. The van der Waals surface area contributed by atoms with Gasteiger partial charge in [-0.2, -0.15) is 0 Å². The summed E-state index contributed by atoms with van der Waals surface area (Å²) in [6, 6.07) is 0. The minimum Gasteiger partial charge on any atom is -0.369 e. The van der Waals surface area contributed by atoms with Crippen LogP contribution in [0.5, 0.6) is 0 Å². The monoisotopic (exact) mass is 181 g/mol. The van der Waals surface area contributed by atoms with Crippen molar-refractivity contribution in [3.63, 3.8) is 0 Å². The number of nitrogens with two attached hydrogens (primary N) is 1. The third-order valence-corrected chi connectivity index (χ3v) is 4.09. The zero-order valence-corrected chi connectivity index (χ0v) is 8.38. The van der Waals surface area contributed by atoms with E-state index in [1.54, 1.807) is 0 Å². The van der Waals surface area contributed by atoms with E-state index in [-0.39, 0.29) is 11.3 Å². The van der Waals surface area contributed by atoms with E-state index in [4.69, 9.17) is 5.73 Å². The van der Waals surface area contributed by atoms with Gasteiger partial charge in [0.25, 0.3) is 0 Å². The van der Waals surface area contributed by atoms with E-state index in [0.29, 0.717) is 0 Å². The molecule has 2 nitrogen and oxygen atoms in total. The van der Waals surface area contributed by atoms with Gasteiger partial charge in [-0.3, -0.25) is 4.79 Å². The number of carbonyl (C=O) groups excluding carboxylic acids is 1. The van der Waals surface area contributed by atoms with E-state index >= 15 is 0 Å². The van der Waals surface area contributed by atoms with Gasteiger partial charge in [-0.1, -0.05) is 32.6 Å². The second-order valence-corrected chi connectivity index (χ2v) is 5.14. The van der Waals surface area contributed by atoms with Gasteiger partial charge in [-0.25, -0.2) is 0 Å². The molecule has 0 bridgehead atoms. The van der Waals surface area contributed by atoms with Crippen LogP contribution in [0.3, 0.4) is 0 Å². The van der Waals surface area contributed by atoms with Crippen molar-refractivity contribution < 1.29 is 4.79 Å². The van der Waals surface area contributed by atoms with Gasteiger partial charge < -0.3 is 5.73 Å². The maximum absolute atomic E-state index is 11.3. The van der Waals surface area contributed by atoms with Gasteiger partial charge >= 0.3 is 0 Å². The molecule has 0 aliphatic heterocycles. The van der Waals surface area contributed by atoms with Crippen LogP contribution in [0, 0.1) is 17.3 Å². The van der Waals surface area contributed by atoms with Crippen molar-refractivity contribution in [2.45, 2.75) is 45.4 Å². The summed E-state index contributed by atoms with van der Waals surface area (Å²) in [6.45, 7) is 2.05. The fourth-order valence-electron chi connectivity index (χ4n) is 3.26. The summed E-state index contributed by atoms with van der Waals surface area (Å²) in [5.41, 5.74) is 5.27. The topological polar surface area (TPSA) is 43.1 Å². The van der Waals surface area contributed by atoms with Crippen LogP contribution < -0.4 is 5.73 Å². The van der Waals surface area contributed by atoms with Crippen LogP contribution in [0.1, 0.15) is 45.4 Å². The molecule has 2 aliphatic carbocycles. The quantitative estimate of drug-likeness (QED) is 0.661. The van der Waals surface area contributed by atoms with E-state index in [1.807, 2.05) is 6.92 Å². The molecule has 0 spiro atoms. The summed E-state index contributed by atoms with van der Waals surface area (Å²) in [7, 11) is 0. The number of hydrogen-bond acceptors (Lipinski definition) is 1. The Hall–Kier alpha value is -0.530. The third-order valence-electron chi connectivity index (χ3n) is 4.09. The van der Waals surface area contributed by atoms with E-state index in [2.05, 4.69) is 0 Å². The first-order chi connectivity index (χ1) is 6.12. The first-order valence-electron chi connectivity index (χ1n) is 5.42. The van der Waals surface area contributed by atoms with Gasteiger partial charge in [0.2, 0.25) is 5.91 Å². The summed E-state index contributed by atoms with van der Waals surface area (Å²) in [5.74, 6) is 1.51. The zero-order chi connectivity index (χ0) is 9.47. The molecular formula is C11H19NO. The highest BCUT2D eigenvalue weighted by molar-refractivity contribution is 5.80. The fourth-order valence-corrected chi connectivity index (χ4v) is 3.26. The predicted octanol–water partition coefficient (Wildman–Crippen LogP) is 2.08. The van der Waals surface area contributed by atoms with Crippen LogP contribution in [0.25, 0.3) is 0 Å². The maximum atomic E-state index is 11.3. The molecule has 2 saturated carbocycles. The average molecular weight is 181 g/mol. The molecule has 0 heterocycles. The maximum Gasteiger partial charge on any atom is 0.223 e. The lowest BCUT2D eigenvalue weighted by molar-refractivity contribution is -0.126. The van der Waals surface area contributed by atoms with Crippen molar-refractivity contribution in [1.82, 2.24) is 0 Å². The lowest BCUT2D eigenvalue weighted by Crippen LogP contribution is -2.32. The Balaban J connectivity index is 2.10. The van der Waals surface area contributed by atoms with E-state index in [0.717, 1.165) is 24.7 Å². The molecule has 2 rings (SSSR count). The Bertz CT molecular complexity index is 210. The third kappa shape index (κ3) is 1.47. The Labute approximate surface area is 79.9 Å². The number of amides is 1. The lowest BCUT2D eigenvalue weighted by Gasteiger charge is -2.24. The SMILES string of the molecule is C[C@]1(C(N)=O)C[C@H]2CCCC[C@H]2C1. The summed E-state index contributed by atoms with van der Waals surface area (Å²) in [5, 5.41) is 0. The Morgan fingerprint density at radius 3 is 2.08 bits per heavy atom. The second-order valence-electron chi connectivity index (χ2n) is 5.14. The molecule has 0 radical (unpaired) electrons. The Morgan fingerprint density at radius 1 is 1.23 bits per heavy atom. The van der Waals surface area contributed by atoms with Crippen molar-refractivity contribution in [2.24, 2.45) is 23.0 Å². The molecule has 2 aliphatic rings. The highest BCUT2D eigenvalue weighted by Crippen LogP contribution is 2.51. The van der Waals surface area contributed by atoms with Crippen molar-refractivity contribution in [3.8, 4) is 0 Å². The summed E-state index contributed by atoms with van der Waals surface area (Å²) in [4.78, 5) is 11.3. The standard InChI is InChI=1S/C11H19NO/c1-11(10(12)13)6-8-4-2-3-5-9(8)7-11/h8-9H,2-7H2,1H3,(H2,12,13)/t8-,9+,11+. The first-order valence-corrected chi connectivity index (χ1v) is 5.42. The van der Waals surface area contributed by atoms with Crippen LogP contribution in [0.2, 0.25) is 0 Å². The van der Waals surface area contributed by atoms with E-state index in [1.165, 1.54) is 25.7 Å². The highest BCUT2D eigenvalue weighted by atomic mass is 16.1. The van der Waals surface area contributed by atoms with Gasteiger partial charge in [0.05, 0.1) is 0 Å². The lowest BCUT2D eigenvalue weighted by atomic mass is 9.82. The molecule has 3 atom stereocenters. The summed E-state index contributed by atoms with van der Waals surface area (Å²) in [6.07, 6.45) is 7.47. The number of hydrogen-bond donors (Lipinski definition) is 1. The molecule has 0 aromatic rings. The van der Waals surface area contributed by atoms with Crippen molar-refractivity contribution in [1.29, 1.82) is 0 Å². The molecule has 0 unspecified atom stereocenters. The van der Waals surface area contributed by atoms with Gasteiger partial charge in [0.15, 0.2) is 0 Å². The van der Waals surface area contributed by atoms with Crippen molar-refractivity contribution >= 4 is 5.91 Å². The van der Waals surface area contributed by atoms with E-state index in [9.17, 15) is 4.79 Å². The number of rotatable bonds is 1. The highest BCUT2D eigenvalue weighted by Gasteiger charge is 2.46. The molecule has 1 amide bonds. The molecule has 13 heavy (non-hydrogen) atoms. The number of primary amides is 1. The molecule has 0 saturated heterocycles. The number of carbonyl (C=O) groups is 1. The molecule has 74 valence electrons. The molecule has 2 N–H and O–H groups in total. The van der Waals surface area contributed by atoms with Crippen LogP contribution in [-0.4, -0.2) is 5.91 Å². The first kappa shape index (κ1) is 9.04. The largest absolute Gasteiger partial charge is 0.369 e. The molecule has 0 aromatic heterocycles. The summed E-state index contributed by atoms with van der Waals surface area (Å²) < 4.78 is 0. The van der Waals surface area contributed by atoms with Gasteiger partial charge in [-0.05, 0) is 24.7 Å². The minimum atomic E-state index is -0.181. The van der Waals surface area contributed by atoms with Crippen LogP contribution in [0.4, 0.5) is 0 Å². The minimum absolute atomic E-state index is 0.0816. The Morgan fingerprint density at radius 2 is 1.69 bits per heavy atom.